The van der Waals surface area contributed by atoms with Crippen molar-refractivity contribution in [2.75, 3.05) is 54.5 Å². The number of hydroxylamine groups is 1. The minimum atomic E-state index is -2.08. The van der Waals surface area contributed by atoms with E-state index >= 15 is 0 Å². The Kier molecular flexibility index (Phi) is 25.5. The molecule has 4 aliphatic heterocycles. The second-order valence-electron chi connectivity index (χ2n) is 21.3. The monoisotopic (exact) mass is 1400 g/mol. The first-order chi connectivity index (χ1) is 42.2. The molecule has 0 aromatic heterocycles. The number of fused-ring (bicyclic) bond motifs is 2. The standard InChI is InChI=1S/C60H78IN3O21S3/c1-11-62-35-28-78-40(26-39(35)73-6)83-53-48(68)45(30(3)80-58(53)82-38-21-17-12-13-18-23-60(72)27-37(66)46(63-59(71)77-10)43(38)34(60)22-24-86-88-33-19-15-14-16-20-33)64-85-41-25-36(65)55(32(5)79-41)87-56(70)42-29(2)44(61)51(54(76-9)50(42)74-7)84-57-49(69)52(75-8)47(67)31(4)81-57/h12-16,19-20,22,30-32,35-36,38-41,45,47-49,52-53,55,57-58,62,64-65,67-70,72,87H,11,24-28H2,1-10H3,(H,63,71)/b13-12?,34-22+/t30-,31+,32-,35+,36+,38+,39+,40+,41+,45-,47+,48+,49-,52-,53-,55-,57+,58+,60+/m1/s1. The van der Waals surface area contributed by atoms with E-state index in [1.165, 1.54) is 55.1 Å². The number of carbonyl (C=O) groups is 2. The van der Waals surface area contributed by atoms with Crippen LogP contribution in [0.25, 0.3) is 0 Å². The van der Waals surface area contributed by atoms with Gasteiger partial charge < -0.3 is 92.8 Å². The van der Waals surface area contributed by atoms with E-state index in [1.54, 1.807) is 40.9 Å². The molecule has 0 radical (unpaired) electrons. The van der Waals surface area contributed by atoms with Gasteiger partial charge >= 0.3 is 6.09 Å². The smallest absolute Gasteiger partial charge is 0.411 e. The van der Waals surface area contributed by atoms with Gasteiger partial charge in [-0.25, -0.2) is 4.79 Å². The number of allylic oxidation sites excluding steroid dienone is 3. The number of aliphatic hydroxyl groups excluding tert-OH is 5. The van der Waals surface area contributed by atoms with E-state index in [2.05, 4.69) is 39.8 Å². The van der Waals surface area contributed by atoms with Gasteiger partial charge in [-0.05, 0) is 86.7 Å². The maximum absolute atomic E-state index is 14.2. The first-order valence-corrected chi connectivity index (χ1v) is 32.8. The molecule has 2 aromatic carbocycles. The predicted octanol–water partition coefficient (Wildman–Crippen LogP) is 3.61. The van der Waals surface area contributed by atoms with E-state index in [9.17, 15) is 40.2 Å². The molecule has 28 heteroatoms. The van der Waals surface area contributed by atoms with Gasteiger partial charge in [0.05, 0.1) is 97.0 Å². The molecule has 4 fully saturated rings. The molecule has 8 rings (SSSR count). The van der Waals surface area contributed by atoms with Crippen molar-refractivity contribution in [3.8, 4) is 40.9 Å². The number of benzene rings is 2. The van der Waals surface area contributed by atoms with Crippen molar-refractivity contribution in [3.05, 3.63) is 80.1 Å². The van der Waals surface area contributed by atoms with Crippen LogP contribution in [0.5, 0.6) is 17.2 Å². The maximum Gasteiger partial charge on any atom is 0.411 e. The fourth-order valence-electron chi connectivity index (χ4n) is 11.1. The molecule has 2 aromatic rings. The van der Waals surface area contributed by atoms with E-state index < -0.39 is 121 Å². The summed E-state index contributed by atoms with van der Waals surface area (Å²) in [6.45, 7) is 9.52. The SMILES string of the molecule is CCN[C@H]1CO[C@@H](O[C@H]2[C@H](O[C@H]3C#CC=CC#C[C@]4(O)CC(=O)C(NC(=O)OC)=C3/C4=C\CSSc3ccccc3)O[C@H](C)[C@@H](NO[C@H]3C[C@H](O)[C@H]([SH]=C(O)c4c(C)c(I)c(O[C@@H]5O[C@@H](C)[C@H](O)[C@@H](OC)[C@H]5O)c(OC)c4OC)[C@@H](C)O3)[C@@H]2O)C[C@@H]1OC. The first-order valence-electron chi connectivity index (χ1n) is 28.5. The highest BCUT2D eigenvalue weighted by molar-refractivity contribution is 14.1. The fraction of sp³-hybridized carbons (Fsp3) is 0.583. The third-order valence-electron chi connectivity index (χ3n) is 15.6. The van der Waals surface area contributed by atoms with Gasteiger partial charge in [-0.1, -0.05) is 76.5 Å². The van der Waals surface area contributed by atoms with E-state index in [4.69, 9.17) is 61.7 Å². The van der Waals surface area contributed by atoms with Crippen molar-refractivity contribution in [2.24, 2.45) is 0 Å². The first kappa shape index (κ1) is 70.0. The third kappa shape index (κ3) is 16.1. The molecule has 19 atom stereocenters. The third-order valence-corrected chi connectivity index (χ3v) is 20.7. The molecule has 4 heterocycles. The van der Waals surface area contributed by atoms with Crippen LogP contribution in [-0.4, -0.2) is 217 Å². The molecular weight excluding hydrogens is 1320 g/mol. The number of hydrogen-bond donors (Lipinski definition) is 10. The van der Waals surface area contributed by atoms with Crippen LogP contribution in [0.15, 0.2) is 70.3 Å². The molecule has 2 bridgehead atoms. The van der Waals surface area contributed by atoms with Crippen LogP contribution in [-0.2, 0) is 52.3 Å². The van der Waals surface area contributed by atoms with Crippen LogP contribution >= 0.6 is 55.5 Å². The number of aliphatic hydroxyl groups is 6. The number of thiol groups is 1. The number of halogens is 1. The summed E-state index contributed by atoms with van der Waals surface area (Å²) < 4.78 is 73.0. The van der Waals surface area contributed by atoms with Gasteiger partial charge in [0, 0.05) is 48.9 Å². The van der Waals surface area contributed by atoms with Gasteiger partial charge in [0.2, 0.25) is 12.0 Å². The highest BCUT2D eigenvalue weighted by atomic mass is 127. The summed E-state index contributed by atoms with van der Waals surface area (Å²) in [4.78, 5) is 34.4. The Morgan fingerprint density at radius 2 is 1.60 bits per heavy atom. The van der Waals surface area contributed by atoms with Gasteiger partial charge in [-0.15, -0.1) is 0 Å². The summed E-state index contributed by atoms with van der Waals surface area (Å²) >= 11 is 2.28. The molecule has 88 heavy (non-hydrogen) atoms. The number of ketones is 1. The van der Waals surface area contributed by atoms with Gasteiger partial charge in [-0.2, -0.15) is 16.8 Å². The van der Waals surface area contributed by atoms with Gasteiger partial charge in [0.1, 0.15) is 41.7 Å². The van der Waals surface area contributed by atoms with Gasteiger partial charge in [-0.3, -0.25) is 14.9 Å². The number of hydrogen-bond acceptors (Lipinski definition) is 24. The second kappa shape index (κ2) is 32.1. The molecular formula is C60H78IN3O21S3. The zero-order chi connectivity index (χ0) is 63.6. The zero-order valence-electron chi connectivity index (χ0n) is 50.2. The Bertz CT molecular complexity index is 3020. The molecule has 0 unspecified atom stereocenters. The summed E-state index contributed by atoms with van der Waals surface area (Å²) in [5, 5.41) is 75.5. The van der Waals surface area contributed by atoms with Crippen molar-refractivity contribution >= 4 is 72.5 Å². The van der Waals surface area contributed by atoms with Gasteiger partial charge in [0.15, 0.2) is 41.8 Å². The van der Waals surface area contributed by atoms with Crippen LogP contribution in [0.3, 0.4) is 0 Å². The average Bonchev–Trinajstić information content (AvgIpc) is 2.97. The largest absolute Gasteiger partial charge is 0.492 e. The number of Topliss-reactive ketones (excluding diaryl/α,β-unsaturated/α-hetero) is 1. The normalized spacial score (nSPS) is 34.8. The van der Waals surface area contributed by atoms with E-state index in [1.807, 2.05) is 59.8 Å². The maximum atomic E-state index is 14.2. The van der Waals surface area contributed by atoms with Crippen LogP contribution in [0.1, 0.15) is 58.1 Å². The van der Waals surface area contributed by atoms with E-state index in [0.29, 0.717) is 15.7 Å². The number of ether oxygens (including phenoxy) is 12. The van der Waals surface area contributed by atoms with Crippen molar-refractivity contribution in [1.82, 2.24) is 16.1 Å². The zero-order valence-corrected chi connectivity index (χ0v) is 54.9. The average molecular weight is 1400 g/mol. The minimum Gasteiger partial charge on any atom is -0.492 e. The van der Waals surface area contributed by atoms with E-state index in [-0.39, 0.29) is 93.4 Å². The number of likely N-dealkylation sites (N-methyl/N-ethyl adjacent to an activating group) is 1. The Morgan fingerprint density at radius 3 is 2.28 bits per heavy atom. The summed E-state index contributed by atoms with van der Waals surface area (Å²) in [7, 11) is 9.81. The molecule has 24 nitrogen and oxygen atoms in total. The second-order valence-corrected chi connectivity index (χ2v) is 26.1. The Labute approximate surface area is 536 Å². The lowest BCUT2D eigenvalue weighted by atomic mass is 9.75. The number of alkyl carbamates (subject to hydrolysis) is 1. The predicted molar refractivity (Wildman–Crippen MR) is 335 cm³/mol. The minimum absolute atomic E-state index is 0.0238. The van der Waals surface area contributed by atoms with Gasteiger partial charge in [0.25, 0.3) is 0 Å². The molecule has 0 spiro atoms. The number of amides is 1. The van der Waals surface area contributed by atoms with Crippen molar-refractivity contribution in [2.45, 2.75) is 174 Å². The van der Waals surface area contributed by atoms with Crippen LogP contribution < -0.4 is 30.3 Å². The summed E-state index contributed by atoms with van der Waals surface area (Å²) in [6, 6.07) is 8.39. The lowest BCUT2D eigenvalue weighted by molar-refractivity contribution is -0.336. The number of nitrogens with one attached hydrogen (secondary N) is 3. The van der Waals surface area contributed by atoms with Crippen LogP contribution in [0, 0.1) is 34.2 Å². The molecule has 2 aliphatic carbocycles. The molecule has 1 amide bonds. The quantitative estimate of drug-likeness (QED) is 0.0153. The van der Waals surface area contributed by atoms with E-state index in [0.717, 1.165) is 12.0 Å². The topological polar surface area (TPSA) is 312 Å². The summed E-state index contributed by atoms with van der Waals surface area (Å²) in [6.07, 6.45) is -13.6. The Morgan fingerprint density at radius 1 is 0.875 bits per heavy atom. The highest BCUT2D eigenvalue weighted by Crippen LogP contribution is 2.48. The number of methoxy groups -OCH3 is 5. The van der Waals surface area contributed by atoms with Crippen molar-refractivity contribution in [1.29, 1.82) is 0 Å². The number of carbonyl (C=O) groups excluding carboxylic acids is 2. The Hall–Kier alpha value is -3.91. The van der Waals surface area contributed by atoms with Crippen molar-refractivity contribution in [3.63, 3.8) is 0 Å². The Balaban J connectivity index is 1.04. The molecule has 9 N–H and O–H groups in total. The molecule has 4 saturated heterocycles. The van der Waals surface area contributed by atoms with Crippen LogP contribution in [0.2, 0.25) is 0 Å². The lowest BCUT2D eigenvalue weighted by Crippen LogP contribution is -2.65. The highest BCUT2D eigenvalue weighted by Gasteiger charge is 2.52. The molecule has 0 saturated carbocycles. The van der Waals surface area contributed by atoms with Crippen molar-refractivity contribution < 1.29 is 102 Å². The van der Waals surface area contributed by atoms with Crippen LogP contribution in [0.4, 0.5) is 4.79 Å². The fourth-order valence-corrected chi connectivity index (χ4v) is 14.8. The number of rotatable bonds is 22. The molecule has 484 valence electrons. The summed E-state index contributed by atoms with van der Waals surface area (Å²) in [5.74, 6) is 11.5. The molecule has 6 aliphatic rings. The summed E-state index contributed by atoms with van der Waals surface area (Å²) in [5.41, 5.74) is 1.47. The lowest BCUT2D eigenvalue weighted by Gasteiger charge is -2.46.